The summed E-state index contributed by atoms with van der Waals surface area (Å²) in [6.45, 7) is 0. The summed E-state index contributed by atoms with van der Waals surface area (Å²) in [6, 6.07) is 6.23. The van der Waals surface area contributed by atoms with Crippen molar-refractivity contribution in [3.05, 3.63) is 45.3 Å². The maximum Gasteiger partial charge on any atom is 0.324 e. The van der Waals surface area contributed by atoms with Crippen molar-refractivity contribution >= 4 is 51.3 Å². The second-order valence-corrected chi connectivity index (χ2v) is 6.98. The minimum absolute atomic E-state index is 0.355. The first kappa shape index (κ1) is 16.5. The molecule has 6 nitrogen and oxygen atoms in total. The van der Waals surface area contributed by atoms with Crippen LogP contribution in [0.2, 0.25) is 5.02 Å². The molecule has 0 spiro atoms. The number of hydrogen-bond donors (Lipinski definition) is 4. The van der Waals surface area contributed by atoms with Crippen LogP contribution in [0.4, 0.5) is 15.5 Å². The molecule has 1 aromatic heterocycles. The minimum Gasteiger partial charge on any atom is -0.365 e. The van der Waals surface area contributed by atoms with Gasteiger partial charge in [0, 0.05) is 27.7 Å². The maximum atomic E-state index is 12.2. The highest BCUT2D eigenvalue weighted by atomic mass is 35.5. The number of anilines is 2. The molecule has 0 fully saturated rings. The van der Waals surface area contributed by atoms with E-state index in [-0.39, 0.29) is 0 Å². The predicted molar refractivity (Wildman–Crippen MR) is 96.7 cm³/mol. The van der Waals surface area contributed by atoms with Gasteiger partial charge in [0.15, 0.2) is 0 Å². The van der Waals surface area contributed by atoms with Crippen LogP contribution in [0.25, 0.3) is 0 Å². The summed E-state index contributed by atoms with van der Waals surface area (Å²) in [4.78, 5) is 24.9. The van der Waals surface area contributed by atoms with Gasteiger partial charge in [0.1, 0.15) is 5.00 Å². The molecule has 3 rings (SSSR count). The van der Waals surface area contributed by atoms with E-state index in [1.165, 1.54) is 11.3 Å². The highest BCUT2D eigenvalue weighted by Crippen LogP contribution is 2.37. The molecule has 0 bridgehead atoms. The van der Waals surface area contributed by atoms with Gasteiger partial charge in [-0.1, -0.05) is 11.6 Å². The third-order valence-corrected chi connectivity index (χ3v) is 5.12. The largest absolute Gasteiger partial charge is 0.365 e. The van der Waals surface area contributed by atoms with Crippen LogP contribution in [-0.2, 0) is 12.8 Å². The van der Waals surface area contributed by atoms with Gasteiger partial charge in [0.05, 0.1) is 5.56 Å². The number of thiophene rings is 1. The summed E-state index contributed by atoms with van der Waals surface area (Å²) in [6.07, 6.45) is 1.71. The molecule has 2 aromatic rings. The van der Waals surface area contributed by atoms with Crippen molar-refractivity contribution in [3.63, 3.8) is 0 Å². The highest BCUT2D eigenvalue weighted by molar-refractivity contribution is 7.17. The molecule has 1 aromatic carbocycles. The van der Waals surface area contributed by atoms with E-state index in [1.54, 1.807) is 24.3 Å². The van der Waals surface area contributed by atoms with Gasteiger partial charge in [-0.15, -0.1) is 11.3 Å². The Hall–Kier alpha value is -2.38. The fourth-order valence-corrected chi connectivity index (χ4v) is 4.04. The zero-order valence-electron chi connectivity index (χ0n) is 12.6. The van der Waals surface area contributed by atoms with Crippen LogP contribution in [0, 0.1) is 5.41 Å². The van der Waals surface area contributed by atoms with Crippen molar-refractivity contribution in [2.24, 2.45) is 5.73 Å². The molecule has 0 atom stereocenters. The van der Waals surface area contributed by atoms with Crippen molar-refractivity contribution in [1.29, 1.82) is 5.41 Å². The third-order valence-electron chi connectivity index (χ3n) is 3.72. The summed E-state index contributed by atoms with van der Waals surface area (Å²) in [5.41, 5.74) is 7.90. The van der Waals surface area contributed by atoms with E-state index in [4.69, 9.17) is 22.7 Å². The number of primary amides is 1. The number of nitrogens with one attached hydrogen (secondary N) is 3. The Bertz CT molecular complexity index is 829. The number of carbonyl (C=O) groups excluding carboxylic acids is 2. The van der Waals surface area contributed by atoms with E-state index in [0.717, 1.165) is 10.4 Å². The van der Waals surface area contributed by atoms with Gasteiger partial charge < -0.3 is 16.5 Å². The summed E-state index contributed by atoms with van der Waals surface area (Å²) < 4.78 is 0. The number of rotatable bonds is 3. The number of benzene rings is 1. The summed E-state index contributed by atoms with van der Waals surface area (Å²) in [5, 5.41) is 14.2. The normalized spacial score (nSPS) is 13.3. The molecule has 5 N–H and O–H groups in total. The van der Waals surface area contributed by atoms with Crippen molar-refractivity contribution < 1.29 is 9.59 Å². The lowest BCUT2D eigenvalue weighted by Gasteiger charge is -2.12. The van der Waals surface area contributed by atoms with Gasteiger partial charge in [-0.05, 0) is 42.7 Å². The Labute approximate surface area is 147 Å². The van der Waals surface area contributed by atoms with Crippen LogP contribution in [0.5, 0.6) is 0 Å². The van der Waals surface area contributed by atoms with Crippen molar-refractivity contribution in [2.45, 2.75) is 19.3 Å². The van der Waals surface area contributed by atoms with Crippen LogP contribution in [0.3, 0.4) is 0 Å². The monoisotopic (exact) mass is 362 g/mol. The average Bonchev–Trinajstić information content (AvgIpc) is 2.86. The quantitative estimate of drug-likeness (QED) is 0.668. The van der Waals surface area contributed by atoms with Gasteiger partial charge in [-0.25, -0.2) is 4.79 Å². The molecule has 1 heterocycles. The van der Waals surface area contributed by atoms with Crippen molar-refractivity contribution in [1.82, 2.24) is 0 Å². The number of hydrogen-bond acceptors (Lipinski definition) is 4. The molecule has 0 saturated heterocycles. The molecule has 8 heteroatoms. The Kier molecular flexibility index (Phi) is 4.55. The smallest absolute Gasteiger partial charge is 0.324 e. The van der Waals surface area contributed by atoms with E-state index in [1.807, 2.05) is 0 Å². The molecular formula is C16H15ClN4O2S. The fraction of sp³-hybridized carbons (Fsp3) is 0.188. The first-order chi connectivity index (χ1) is 11.4. The van der Waals surface area contributed by atoms with Crippen LogP contribution in [-0.4, -0.2) is 17.6 Å². The number of nitrogens with two attached hydrogens (primary N) is 1. The molecule has 124 valence electrons. The first-order valence-electron chi connectivity index (χ1n) is 7.28. The fourth-order valence-electron chi connectivity index (χ4n) is 2.62. The minimum atomic E-state index is -0.567. The van der Waals surface area contributed by atoms with Gasteiger partial charge in [-0.2, -0.15) is 0 Å². The third kappa shape index (κ3) is 3.42. The number of carbonyl (C=O) groups is 2. The number of fused-ring (bicyclic) bond motifs is 1. The number of amides is 3. The summed E-state index contributed by atoms with van der Waals surface area (Å²) in [7, 11) is 0. The van der Waals surface area contributed by atoms with E-state index in [0.29, 0.717) is 46.2 Å². The van der Waals surface area contributed by atoms with Crippen LogP contribution < -0.4 is 16.4 Å². The summed E-state index contributed by atoms with van der Waals surface area (Å²) >= 11 is 7.11. The van der Waals surface area contributed by atoms with Gasteiger partial charge in [0.25, 0.3) is 5.91 Å². The number of urea groups is 1. The maximum absolute atomic E-state index is 12.2. The Morgan fingerprint density at radius 1 is 1.17 bits per heavy atom. The summed E-state index contributed by atoms with van der Waals surface area (Å²) in [5.74, 6) is -0.567. The predicted octanol–water partition coefficient (Wildman–Crippen LogP) is 3.65. The van der Waals surface area contributed by atoms with E-state index < -0.39 is 11.9 Å². The molecule has 0 radical (unpaired) electrons. The lowest BCUT2D eigenvalue weighted by atomic mass is 9.94. The Morgan fingerprint density at radius 2 is 1.88 bits per heavy atom. The SMILES string of the molecule is N=C1CCc2c(sc(NC(=O)Nc3ccc(Cl)cc3)c2C(N)=O)C1. The van der Waals surface area contributed by atoms with Crippen molar-refractivity contribution in [2.75, 3.05) is 10.6 Å². The van der Waals surface area contributed by atoms with Gasteiger partial charge in [-0.3, -0.25) is 10.1 Å². The molecular weight excluding hydrogens is 348 g/mol. The van der Waals surface area contributed by atoms with E-state index in [9.17, 15) is 9.59 Å². The Balaban J connectivity index is 1.81. The molecule has 1 aliphatic carbocycles. The highest BCUT2D eigenvalue weighted by Gasteiger charge is 2.26. The van der Waals surface area contributed by atoms with Crippen LogP contribution in [0.1, 0.15) is 27.2 Å². The molecule has 0 aliphatic heterocycles. The topological polar surface area (TPSA) is 108 Å². The average molecular weight is 363 g/mol. The van der Waals surface area contributed by atoms with Crippen molar-refractivity contribution in [3.8, 4) is 0 Å². The lowest BCUT2D eigenvalue weighted by Crippen LogP contribution is -2.22. The second-order valence-electron chi connectivity index (χ2n) is 5.44. The van der Waals surface area contributed by atoms with Gasteiger partial charge in [0.2, 0.25) is 0 Å². The first-order valence-corrected chi connectivity index (χ1v) is 8.47. The lowest BCUT2D eigenvalue weighted by molar-refractivity contribution is 0.100. The molecule has 24 heavy (non-hydrogen) atoms. The van der Waals surface area contributed by atoms with E-state index >= 15 is 0 Å². The van der Waals surface area contributed by atoms with Crippen LogP contribution >= 0.6 is 22.9 Å². The zero-order chi connectivity index (χ0) is 17.3. The molecule has 3 amide bonds. The van der Waals surface area contributed by atoms with E-state index in [2.05, 4.69) is 10.6 Å². The Morgan fingerprint density at radius 3 is 2.54 bits per heavy atom. The standard InChI is InChI=1S/C16H15ClN4O2S/c17-8-1-4-10(5-2-8)20-16(23)21-15-13(14(19)22)11-6-3-9(18)7-12(11)24-15/h1-2,4-5,18H,3,6-7H2,(H2,19,22)(H2,20,21,23). The second kappa shape index (κ2) is 6.62. The molecule has 1 aliphatic rings. The van der Waals surface area contributed by atoms with Crippen LogP contribution in [0.15, 0.2) is 24.3 Å². The number of halogens is 1. The molecule has 0 saturated carbocycles. The molecule has 0 unspecified atom stereocenters. The van der Waals surface area contributed by atoms with Gasteiger partial charge >= 0.3 is 6.03 Å². The zero-order valence-corrected chi connectivity index (χ0v) is 14.2.